The third-order valence-corrected chi connectivity index (χ3v) is 5.48. The zero-order chi connectivity index (χ0) is 14.8. The molecule has 1 aromatic carbocycles. The van der Waals surface area contributed by atoms with Crippen LogP contribution in [0.3, 0.4) is 0 Å². The van der Waals surface area contributed by atoms with E-state index >= 15 is 0 Å². The first-order valence-electron chi connectivity index (χ1n) is 7.10. The van der Waals surface area contributed by atoms with E-state index in [9.17, 15) is 4.79 Å². The monoisotopic (exact) mass is 357 g/mol. The Morgan fingerprint density at radius 1 is 1.55 bits per heavy atom. The van der Waals surface area contributed by atoms with Crippen molar-refractivity contribution in [2.24, 2.45) is 5.92 Å². The third kappa shape index (κ3) is 3.56. The van der Waals surface area contributed by atoms with Gasteiger partial charge in [-0.1, -0.05) is 53.4 Å². The predicted molar refractivity (Wildman–Crippen MR) is 87.8 cm³/mol. The lowest BCUT2D eigenvalue weighted by Crippen LogP contribution is -2.52. The number of alkyl halides is 1. The maximum Gasteiger partial charge on any atom is 0.253 e. The second-order valence-electron chi connectivity index (χ2n) is 6.05. The highest BCUT2D eigenvalue weighted by molar-refractivity contribution is 9.09. The number of rotatable bonds is 3. The fourth-order valence-corrected chi connectivity index (χ4v) is 4.01. The van der Waals surface area contributed by atoms with Crippen LogP contribution in [0, 0.1) is 12.8 Å². The molecule has 2 nitrogen and oxygen atoms in total. The van der Waals surface area contributed by atoms with Crippen molar-refractivity contribution in [2.45, 2.75) is 45.1 Å². The Labute approximate surface area is 134 Å². The van der Waals surface area contributed by atoms with Crippen molar-refractivity contribution in [3.63, 3.8) is 0 Å². The molecule has 0 aromatic heterocycles. The first kappa shape index (κ1) is 15.8. The van der Waals surface area contributed by atoms with Gasteiger partial charge in [0.2, 0.25) is 0 Å². The normalized spacial score (nSPS) is 26.3. The topological polar surface area (TPSA) is 29.1 Å². The molecule has 1 fully saturated rings. The van der Waals surface area contributed by atoms with Gasteiger partial charge in [0.15, 0.2) is 0 Å². The lowest BCUT2D eigenvalue weighted by molar-refractivity contribution is 0.0869. The number of carbonyl (C=O) groups excluding carboxylic acids is 1. The number of benzene rings is 1. The first-order chi connectivity index (χ1) is 9.46. The van der Waals surface area contributed by atoms with E-state index < -0.39 is 0 Å². The minimum absolute atomic E-state index is 0.0662. The zero-order valence-electron chi connectivity index (χ0n) is 12.0. The summed E-state index contributed by atoms with van der Waals surface area (Å²) < 4.78 is 0. The Hall–Kier alpha value is -0.540. The summed E-state index contributed by atoms with van der Waals surface area (Å²) in [6.45, 7) is 4.22. The van der Waals surface area contributed by atoms with Gasteiger partial charge in [-0.25, -0.2) is 0 Å². The molecule has 110 valence electrons. The van der Waals surface area contributed by atoms with E-state index in [1.165, 1.54) is 6.42 Å². The van der Waals surface area contributed by atoms with Crippen LogP contribution in [0.25, 0.3) is 0 Å². The standard InChI is InChI=1S/C16H21BrClNO/c1-11-5-6-13(14(18)8-11)15(20)19-16(10-17)7-3-4-12(2)9-16/h5-6,8,12H,3-4,7,9-10H2,1-2H3,(H,19,20). The molecule has 1 N–H and O–H groups in total. The Morgan fingerprint density at radius 2 is 2.30 bits per heavy atom. The smallest absolute Gasteiger partial charge is 0.253 e. The third-order valence-electron chi connectivity index (χ3n) is 4.10. The van der Waals surface area contributed by atoms with Crippen molar-refractivity contribution in [3.8, 4) is 0 Å². The van der Waals surface area contributed by atoms with E-state index in [-0.39, 0.29) is 11.4 Å². The molecule has 1 aliphatic rings. The van der Waals surface area contributed by atoms with Crippen LogP contribution < -0.4 is 5.32 Å². The van der Waals surface area contributed by atoms with Gasteiger partial charge in [-0.2, -0.15) is 0 Å². The van der Waals surface area contributed by atoms with Crippen molar-refractivity contribution >= 4 is 33.4 Å². The van der Waals surface area contributed by atoms with Crippen molar-refractivity contribution in [2.75, 3.05) is 5.33 Å². The van der Waals surface area contributed by atoms with Gasteiger partial charge in [0, 0.05) is 5.33 Å². The fourth-order valence-electron chi connectivity index (χ4n) is 3.04. The Kier molecular flexibility index (Phi) is 5.14. The van der Waals surface area contributed by atoms with Gasteiger partial charge in [0.25, 0.3) is 5.91 Å². The highest BCUT2D eigenvalue weighted by Crippen LogP contribution is 2.34. The van der Waals surface area contributed by atoms with Crippen LogP contribution in [-0.2, 0) is 0 Å². The number of hydrogen-bond acceptors (Lipinski definition) is 1. The maximum atomic E-state index is 12.5. The molecule has 0 radical (unpaired) electrons. The molecule has 1 aromatic rings. The second-order valence-corrected chi connectivity index (χ2v) is 7.02. The molecule has 2 unspecified atom stereocenters. The molecule has 0 heterocycles. The van der Waals surface area contributed by atoms with Gasteiger partial charge in [0.05, 0.1) is 16.1 Å². The molecule has 0 spiro atoms. The van der Waals surface area contributed by atoms with Crippen LogP contribution in [0.4, 0.5) is 0 Å². The molecule has 0 bridgehead atoms. The molecule has 20 heavy (non-hydrogen) atoms. The van der Waals surface area contributed by atoms with Crippen molar-refractivity contribution in [1.29, 1.82) is 0 Å². The summed E-state index contributed by atoms with van der Waals surface area (Å²) in [7, 11) is 0. The molecule has 1 amide bonds. The fraction of sp³-hybridized carbons (Fsp3) is 0.562. The summed E-state index contributed by atoms with van der Waals surface area (Å²) in [5.41, 5.74) is 1.49. The van der Waals surface area contributed by atoms with Crippen LogP contribution in [0.2, 0.25) is 5.02 Å². The maximum absolute atomic E-state index is 12.5. The van der Waals surface area contributed by atoms with E-state index in [1.54, 1.807) is 6.07 Å². The number of aryl methyl sites for hydroxylation is 1. The van der Waals surface area contributed by atoms with Crippen molar-refractivity contribution in [1.82, 2.24) is 5.32 Å². The summed E-state index contributed by atoms with van der Waals surface area (Å²) in [4.78, 5) is 12.5. The van der Waals surface area contributed by atoms with Gasteiger partial charge in [-0.15, -0.1) is 0 Å². The highest BCUT2D eigenvalue weighted by atomic mass is 79.9. The number of hydrogen-bond donors (Lipinski definition) is 1. The Morgan fingerprint density at radius 3 is 2.90 bits per heavy atom. The van der Waals surface area contributed by atoms with Crippen LogP contribution >= 0.6 is 27.5 Å². The summed E-state index contributed by atoms with van der Waals surface area (Å²) in [5, 5.41) is 4.53. The van der Waals surface area contributed by atoms with Crippen LogP contribution in [0.1, 0.15) is 48.5 Å². The molecular weight excluding hydrogens is 338 g/mol. The van der Waals surface area contributed by atoms with E-state index in [4.69, 9.17) is 11.6 Å². The number of halogens is 2. The molecule has 2 rings (SSSR count). The molecule has 4 heteroatoms. The predicted octanol–water partition coefficient (Wildman–Crippen LogP) is 4.72. The summed E-state index contributed by atoms with van der Waals surface area (Å²) >= 11 is 9.77. The summed E-state index contributed by atoms with van der Waals surface area (Å²) in [6, 6.07) is 5.56. The number of amides is 1. The van der Waals surface area contributed by atoms with Crippen LogP contribution in [0.5, 0.6) is 0 Å². The largest absolute Gasteiger partial charge is 0.346 e. The SMILES string of the molecule is Cc1ccc(C(=O)NC2(CBr)CCCC(C)C2)c(Cl)c1. The second kappa shape index (κ2) is 6.48. The molecular formula is C16H21BrClNO. The van der Waals surface area contributed by atoms with Gasteiger partial charge in [-0.05, 0) is 43.4 Å². The minimum atomic E-state index is -0.136. The van der Waals surface area contributed by atoms with Gasteiger partial charge in [0.1, 0.15) is 0 Å². The van der Waals surface area contributed by atoms with E-state index in [2.05, 4.69) is 28.2 Å². The molecule has 0 saturated heterocycles. The Balaban J connectivity index is 2.16. The molecule has 0 aliphatic heterocycles. The molecule has 1 saturated carbocycles. The Bertz CT molecular complexity index is 505. The quantitative estimate of drug-likeness (QED) is 0.778. The van der Waals surface area contributed by atoms with Gasteiger partial charge in [-0.3, -0.25) is 4.79 Å². The average molecular weight is 359 g/mol. The zero-order valence-corrected chi connectivity index (χ0v) is 14.4. The van der Waals surface area contributed by atoms with E-state index in [1.807, 2.05) is 19.1 Å². The summed E-state index contributed by atoms with van der Waals surface area (Å²) in [6.07, 6.45) is 4.45. The van der Waals surface area contributed by atoms with E-state index in [0.29, 0.717) is 16.5 Å². The first-order valence-corrected chi connectivity index (χ1v) is 8.60. The highest BCUT2D eigenvalue weighted by Gasteiger charge is 2.35. The number of carbonyl (C=O) groups is 1. The lowest BCUT2D eigenvalue weighted by atomic mass is 9.77. The minimum Gasteiger partial charge on any atom is -0.346 e. The lowest BCUT2D eigenvalue weighted by Gasteiger charge is -2.39. The van der Waals surface area contributed by atoms with Gasteiger partial charge < -0.3 is 5.32 Å². The summed E-state index contributed by atoms with van der Waals surface area (Å²) in [5.74, 6) is 0.582. The number of nitrogens with one attached hydrogen (secondary N) is 1. The van der Waals surface area contributed by atoms with Crippen molar-refractivity contribution < 1.29 is 4.79 Å². The van der Waals surface area contributed by atoms with Crippen LogP contribution in [0.15, 0.2) is 18.2 Å². The average Bonchev–Trinajstić information content (AvgIpc) is 2.38. The van der Waals surface area contributed by atoms with Gasteiger partial charge >= 0.3 is 0 Å². The van der Waals surface area contributed by atoms with E-state index in [0.717, 1.165) is 30.2 Å². The van der Waals surface area contributed by atoms with Crippen LogP contribution in [-0.4, -0.2) is 16.8 Å². The molecule has 2 atom stereocenters. The van der Waals surface area contributed by atoms with Crippen molar-refractivity contribution in [3.05, 3.63) is 34.3 Å². The molecule has 1 aliphatic carbocycles.